The zero-order chi connectivity index (χ0) is 14.7. The first kappa shape index (κ1) is 16.4. The van der Waals surface area contributed by atoms with Crippen LogP contribution in [0.25, 0.3) is 0 Å². The maximum Gasteiger partial charge on any atom is 0.119 e. The Morgan fingerprint density at radius 2 is 1.37 bits per heavy atom. The van der Waals surface area contributed by atoms with Gasteiger partial charge in [0.05, 0.1) is 6.61 Å². The summed E-state index contributed by atoms with van der Waals surface area (Å²) in [6, 6.07) is 6.61. The highest BCUT2D eigenvalue weighted by molar-refractivity contribution is 6.17. The molecule has 1 aromatic rings. The SMILES string of the molecule is CC(C)(C)c1cc(OCCCCl)cc(C(C)(C)C)c1. The van der Waals surface area contributed by atoms with E-state index in [1.165, 1.54) is 11.1 Å². The summed E-state index contributed by atoms with van der Waals surface area (Å²) < 4.78 is 5.83. The minimum Gasteiger partial charge on any atom is -0.494 e. The highest BCUT2D eigenvalue weighted by atomic mass is 35.5. The summed E-state index contributed by atoms with van der Waals surface area (Å²) in [5.41, 5.74) is 2.90. The van der Waals surface area contributed by atoms with Crippen LogP contribution in [0.15, 0.2) is 18.2 Å². The molecule has 108 valence electrons. The zero-order valence-corrected chi connectivity index (χ0v) is 13.9. The van der Waals surface area contributed by atoms with Gasteiger partial charge in [0.2, 0.25) is 0 Å². The molecule has 0 aliphatic heterocycles. The Balaban J connectivity index is 3.10. The summed E-state index contributed by atoms with van der Waals surface area (Å²) in [6.07, 6.45) is 0.881. The third-order valence-corrected chi connectivity index (χ3v) is 3.45. The lowest BCUT2D eigenvalue weighted by Crippen LogP contribution is -2.16. The molecule has 0 radical (unpaired) electrons. The van der Waals surface area contributed by atoms with Crippen molar-refractivity contribution in [1.29, 1.82) is 0 Å². The number of ether oxygens (including phenoxy) is 1. The van der Waals surface area contributed by atoms with Gasteiger partial charge in [0.1, 0.15) is 5.75 Å². The number of halogens is 1. The maximum atomic E-state index is 5.83. The van der Waals surface area contributed by atoms with Crippen molar-refractivity contribution in [2.75, 3.05) is 12.5 Å². The maximum absolute atomic E-state index is 5.83. The van der Waals surface area contributed by atoms with E-state index in [1.807, 2.05) is 0 Å². The van der Waals surface area contributed by atoms with Crippen LogP contribution in [0.3, 0.4) is 0 Å². The third-order valence-electron chi connectivity index (χ3n) is 3.19. The summed E-state index contributed by atoms with van der Waals surface area (Å²) in [5.74, 6) is 1.60. The lowest BCUT2D eigenvalue weighted by Gasteiger charge is -2.26. The fraction of sp³-hybridized carbons (Fsp3) is 0.647. The Bertz CT molecular complexity index is 378. The minimum absolute atomic E-state index is 0.131. The van der Waals surface area contributed by atoms with Gasteiger partial charge in [-0.2, -0.15) is 0 Å². The van der Waals surface area contributed by atoms with Crippen molar-refractivity contribution < 1.29 is 4.74 Å². The van der Waals surface area contributed by atoms with E-state index in [-0.39, 0.29) is 10.8 Å². The Morgan fingerprint density at radius 1 is 0.895 bits per heavy atom. The normalized spacial score (nSPS) is 12.6. The van der Waals surface area contributed by atoms with Crippen LogP contribution in [0.5, 0.6) is 5.75 Å². The smallest absolute Gasteiger partial charge is 0.119 e. The molecule has 0 unspecified atom stereocenters. The molecule has 2 heteroatoms. The van der Waals surface area contributed by atoms with Crippen molar-refractivity contribution in [3.8, 4) is 5.75 Å². The number of alkyl halides is 1. The van der Waals surface area contributed by atoms with Gasteiger partial charge in [0.25, 0.3) is 0 Å². The van der Waals surface area contributed by atoms with E-state index in [0.29, 0.717) is 12.5 Å². The highest BCUT2D eigenvalue weighted by Gasteiger charge is 2.20. The highest BCUT2D eigenvalue weighted by Crippen LogP contribution is 2.32. The topological polar surface area (TPSA) is 9.23 Å². The molecular formula is C17H27ClO. The molecule has 1 rings (SSSR count). The van der Waals surface area contributed by atoms with Gasteiger partial charge in [-0.3, -0.25) is 0 Å². The van der Waals surface area contributed by atoms with Crippen LogP contribution in [0.4, 0.5) is 0 Å². The number of hydrogen-bond donors (Lipinski definition) is 0. The van der Waals surface area contributed by atoms with Crippen LogP contribution in [-0.4, -0.2) is 12.5 Å². The molecule has 0 atom stereocenters. The standard InChI is InChI=1S/C17H27ClO/c1-16(2,3)13-10-14(17(4,5)6)12-15(11-13)19-9-7-8-18/h10-12H,7-9H2,1-6H3. The van der Waals surface area contributed by atoms with E-state index in [4.69, 9.17) is 16.3 Å². The predicted octanol–water partition coefficient (Wildman–Crippen LogP) is 5.29. The van der Waals surface area contributed by atoms with E-state index in [1.54, 1.807) is 0 Å². The first-order valence-electron chi connectivity index (χ1n) is 6.99. The van der Waals surface area contributed by atoms with Gasteiger partial charge in [0, 0.05) is 5.88 Å². The molecule has 0 aliphatic carbocycles. The van der Waals surface area contributed by atoms with Gasteiger partial charge < -0.3 is 4.74 Å². The molecule has 0 spiro atoms. The van der Waals surface area contributed by atoms with Crippen molar-refractivity contribution >= 4 is 11.6 Å². The average molecular weight is 283 g/mol. The van der Waals surface area contributed by atoms with E-state index < -0.39 is 0 Å². The lowest BCUT2D eigenvalue weighted by atomic mass is 9.80. The fourth-order valence-electron chi connectivity index (χ4n) is 1.79. The van der Waals surface area contributed by atoms with E-state index >= 15 is 0 Å². The van der Waals surface area contributed by atoms with Gasteiger partial charge in [-0.05, 0) is 40.5 Å². The van der Waals surface area contributed by atoms with Crippen LogP contribution in [0, 0.1) is 0 Å². The lowest BCUT2D eigenvalue weighted by molar-refractivity contribution is 0.316. The van der Waals surface area contributed by atoms with Crippen molar-refractivity contribution in [2.45, 2.75) is 58.8 Å². The summed E-state index contributed by atoms with van der Waals surface area (Å²) in [7, 11) is 0. The summed E-state index contributed by atoms with van der Waals surface area (Å²) in [4.78, 5) is 0. The Hall–Kier alpha value is -0.690. The molecule has 1 nitrogen and oxygen atoms in total. The molecule has 0 saturated heterocycles. The van der Waals surface area contributed by atoms with Gasteiger partial charge in [-0.15, -0.1) is 11.6 Å². The van der Waals surface area contributed by atoms with Crippen molar-refractivity contribution in [3.63, 3.8) is 0 Å². The molecular weight excluding hydrogens is 256 g/mol. The molecule has 0 bridgehead atoms. The van der Waals surface area contributed by atoms with Crippen molar-refractivity contribution in [2.24, 2.45) is 0 Å². The minimum atomic E-state index is 0.131. The van der Waals surface area contributed by atoms with Gasteiger partial charge >= 0.3 is 0 Å². The predicted molar refractivity (Wildman–Crippen MR) is 84.7 cm³/mol. The molecule has 19 heavy (non-hydrogen) atoms. The molecule has 0 heterocycles. The van der Waals surface area contributed by atoms with Crippen LogP contribution >= 0.6 is 11.6 Å². The number of benzene rings is 1. The second kappa shape index (κ2) is 6.17. The second-order valence-electron chi connectivity index (χ2n) is 7.14. The van der Waals surface area contributed by atoms with Crippen LogP contribution in [0.1, 0.15) is 59.1 Å². The summed E-state index contributed by atoms with van der Waals surface area (Å²) in [5, 5.41) is 0. The van der Waals surface area contributed by atoms with Crippen LogP contribution in [0.2, 0.25) is 0 Å². The van der Waals surface area contributed by atoms with Crippen molar-refractivity contribution in [3.05, 3.63) is 29.3 Å². The largest absolute Gasteiger partial charge is 0.494 e. The van der Waals surface area contributed by atoms with Gasteiger partial charge in [-0.1, -0.05) is 47.6 Å². The first-order chi connectivity index (χ1) is 8.64. The van der Waals surface area contributed by atoms with Gasteiger partial charge in [-0.25, -0.2) is 0 Å². The molecule has 1 aromatic carbocycles. The first-order valence-corrected chi connectivity index (χ1v) is 7.53. The van der Waals surface area contributed by atoms with E-state index in [9.17, 15) is 0 Å². The Labute approximate surface area is 123 Å². The quantitative estimate of drug-likeness (QED) is 0.539. The van der Waals surface area contributed by atoms with Crippen LogP contribution < -0.4 is 4.74 Å². The van der Waals surface area contributed by atoms with E-state index in [2.05, 4.69) is 59.7 Å². The molecule has 0 N–H and O–H groups in total. The molecule has 0 saturated carbocycles. The third kappa shape index (κ3) is 5.06. The molecule has 0 aromatic heterocycles. The van der Waals surface area contributed by atoms with Crippen LogP contribution in [-0.2, 0) is 10.8 Å². The number of hydrogen-bond acceptors (Lipinski definition) is 1. The fourth-order valence-corrected chi connectivity index (χ4v) is 1.90. The Morgan fingerprint density at radius 3 is 1.74 bits per heavy atom. The van der Waals surface area contributed by atoms with Gasteiger partial charge in [0.15, 0.2) is 0 Å². The average Bonchev–Trinajstić information content (AvgIpc) is 2.27. The zero-order valence-electron chi connectivity index (χ0n) is 13.1. The summed E-state index contributed by atoms with van der Waals surface area (Å²) >= 11 is 5.70. The Kier molecular flexibility index (Phi) is 5.32. The molecule has 0 fully saturated rings. The molecule has 0 aliphatic rings. The second-order valence-corrected chi connectivity index (χ2v) is 7.52. The van der Waals surface area contributed by atoms with Crippen molar-refractivity contribution in [1.82, 2.24) is 0 Å². The molecule has 0 amide bonds. The monoisotopic (exact) mass is 282 g/mol. The number of rotatable bonds is 4. The van der Waals surface area contributed by atoms with E-state index in [0.717, 1.165) is 12.2 Å². The summed E-state index contributed by atoms with van der Waals surface area (Å²) in [6.45, 7) is 14.1.